The van der Waals surface area contributed by atoms with Crippen LogP contribution in [0.15, 0.2) is 11.6 Å². The standard InChI is InChI=1S/C14H27N/c1-12(2)7-5-8-13(3)15-11-14(4)9-6-10-14/h7,13,15H,5-6,8-11H2,1-4H3. The van der Waals surface area contributed by atoms with Crippen LogP contribution >= 0.6 is 0 Å². The van der Waals surface area contributed by atoms with Crippen LogP contribution in [0.3, 0.4) is 0 Å². The molecule has 88 valence electrons. The maximum absolute atomic E-state index is 3.67. The quantitative estimate of drug-likeness (QED) is 0.654. The van der Waals surface area contributed by atoms with E-state index in [0.717, 1.165) is 0 Å². The van der Waals surface area contributed by atoms with Crippen LogP contribution in [0.4, 0.5) is 0 Å². The van der Waals surface area contributed by atoms with Crippen molar-refractivity contribution in [3.63, 3.8) is 0 Å². The van der Waals surface area contributed by atoms with Gasteiger partial charge in [0.1, 0.15) is 0 Å². The summed E-state index contributed by atoms with van der Waals surface area (Å²) in [5.41, 5.74) is 2.05. The Bertz CT molecular complexity index is 209. The van der Waals surface area contributed by atoms with E-state index in [1.165, 1.54) is 44.2 Å². The third-order valence-corrected chi connectivity index (χ3v) is 3.59. The summed E-state index contributed by atoms with van der Waals surface area (Å²) in [6.45, 7) is 10.3. The number of hydrogen-bond donors (Lipinski definition) is 1. The van der Waals surface area contributed by atoms with Crippen molar-refractivity contribution in [3.05, 3.63) is 11.6 Å². The molecule has 1 fully saturated rings. The van der Waals surface area contributed by atoms with Gasteiger partial charge in [-0.2, -0.15) is 0 Å². The van der Waals surface area contributed by atoms with Crippen LogP contribution in [0.1, 0.15) is 59.8 Å². The van der Waals surface area contributed by atoms with Crippen molar-refractivity contribution >= 4 is 0 Å². The van der Waals surface area contributed by atoms with Crippen LogP contribution < -0.4 is 5.32 Å². The fourth-order valence-electron chi connectivity index (χ4n) is 2.10. The maximum atomic E-state index is 3.67. The molecule has 1 nitrogen and oxygen atoms in total. The highest BCUT2D eigenvalue weighted by atomic mass is 14.9. The number of allylic oxidation sites excluding steroid dienone is 2. The van der Waals surface area contributed by atoms with Gasteiger partial charge in [-0.25, -0.2) is 0 Å². The van der Waals surface area contributed by atoms with E-state index >= 15 is 0 Å². The Balaban J connectivity index is 2.08. The minimum atomic E-state index is 0.616. The first-order valence-corrected chi connectivity index (χ1v) is 6.39. The summed E-state index contributed by atoms with van der Waals surface area (Å²) in [6.07, 6.45) is 9.09. The highest BCUT2D eigenvalue weighted by Gasteiger charge is 2.31. The molecule has 1 heteroatoms. The third kappa shape index (κ3) is 4.83. The molecule has 1 rings (SSSR count). The van der Waals surface area contributed by atoms with Crippen LogP contribution in [0, 0.1) is 5.41 Å². The summed E-state index contributed by atoms with van der Waals surface area (Å²) in [4.78, 5) is 0. The second-order valence-corrected chi connectivity index (χ2v) is 5.80. The molecule has 1 saturated carbocycles. The minimum Gasteiger partial charge on any atom is -0.314 e. The van der Waals surface area contributed by atoms with E-state index in [-0.39, 0.29) is 0 Å². The summed E-state index contributed by atoms with van der Waals surface area (Å²) in [5.74, 6) is 0. The Hall–Kier alpha value is -0.300. The van der Waals surface area contributed by atoms with Crippen LogP contribution in [0.2, 0.25) is 0 Å². The topological polar surface area (TPSA) is 12.0 Å². The molecular weight excluding hydrogens is 182 g/mol. The lowest BCUT2D eigenvalue weighted by Gasteiger charge is -2.39. The second-order valence-electron chi connectivity index (χ2n) is 5.80. The van der Waals surface area contributed by atoms with E-state index in [2.05, 4.69) is 39.1 Å². The predicted molar refractivity (Wildman–Crippen MR) is 68.1 cm³/mol. The van der Waals surface area contributed by atoms with E-state index in [1.807, 2.05) is 0 Å². The number of hydrogen-bond acceptors (Lipinski definition) is 1. The van der Waals surface area contributed by atoms with Gasteiger partial charge in [-0.15, -0.1) is 0 Å². The normalized spacial score (nSPS) is 20.5. The molecule has 1 aliphatic carbocycles. The van der Waals surface area contributed by atoms with Gasteiger partial charge in [0, 0.05) is 12.6 Å². The van der Waals surface area contributed by atoms with Crippen LogP contribution in [0.5, 0.6) is 0 Å². The molecule has 1 atom stereocenters. The first kappa shape index (κ1) is 12.8. The van der Waals surface area contributed by atoms with Gasteiger partial charge in [-0.1, -0.05) is 25.0 Å². The summed E-state index contributed by atoms with van der Waals surface area (Å²) < 4.78 is 0. The average molecular weight is 209 g/mol. The van der Waals surface area contributed by atoms with Gasteiger partial charge in [-0.05, 0) is 51.9 Å². The molecule has 15 heavy (non-hydrogen) atoms. The van der Waals surface area contributed by atoms with Gasteiger partial charge in [0.2, 0.25) is 0 Å². The summed E-state index contributed by atoms with van der Waals surface area (Å²) >= 11 is 0. The van der Waals surface area contributed by atoms with Crippen molar-refractivity contribution in [3.8, 4) is 0 Å². The van der Waals surface area contributed by atoms with E-state index in [1.54, 1.807) is 0 Å². The maximum Gasteiger partial charge on any atom is 0.00419 e. The van der Waals surface area contributed by atoms with Gasteiger partial charge < -0.3 is 5.32 Å². The van der Waals surface area contributed by atoms with Crippen LogP contribution in [-0.2, 0) is 0 Å². The Labute approximate surface area is 95.3 Å². The molecule has 0 bridgehead atoms. The molecular formula is C14H27N. The van der Waals surface area contributed by atoms with Crippen molar-refractivity contribution in [1.29, 1.82) is 0 Å². The second kappa shape index (κ2) is 5.69. The van der Waals surface area contributed by atoms with Gasteiger partial charge in [0.25, 0.3) is 0 Å². The van der Waals surface area contributed by atoms with Gasteiger partial charge in [-0.3, -0.25) is 0 Å². The highest BCUT2D eigenvalue weighted by molar-refractivity contribution is 4.93. The lowest BCUT2D eigenvalue weighted by molar-refractivity contribution is 0.151. The first-order chi connectivity index (χ1) is 7.02. The fraction of sp³-hybridized carbons (Fsp3) is 0.857. The molecule has 1 N–H and O–H groups in total. The average Bonchev–Trinajstić information content (AvgIpc) is 2.11. The summed E-state index contributed by atoms with van der Waals surface area (Å²) in [7, 11) is 0. The molecule has 1 aliphatic rings. The lowest BCUT2D eigenvalue weighted by atomic mass is 9.70. The first-order valence-electron chi connectivity index (χ1n) is 6.39. The monoisotopic (exact) mass is 209 g/mol. The zero-order valence-electron chi connectivity index (χ0n) is 10.9. The molecule has 0 aliphatic heterocycles. The predicted octanol–water partition coefficient (Wildman–Crippen LogP) is 3.90. The Morgan fingerprint density at radius 2 is 2.07 bits per heavy atom. The number of rotatable bonds is 6. The van der Waals surface area contributed by atoms with E-state index in [0.29, 0.717) is 11.5 Å². The summed E-state index contributed by atoms with van der Waals surface area (Å²) in [6, 6.07) is 0.665. The van der Waals surface area contributed by atoms with E-state index in [9.17, 15) is 0 Å². The van der Waals surface area contributed by atoms with Gasteiger partial charge in [0.15, 0.2) is 0 Å². The zero-order valence-corrected chi connectivity index (χ0v) is 10.9. The van der Waals surface area contributed by atoms with E-state index in [4.69, 9.17) is 0 Å². The Morgan fingerprint density at radius 3 is 2.53 bits per heavy atom. The molecule has 0 aromatic heterocycles. The fourth-order valence-corrected chi connectivity index (χ4v) is 2.10. The SMILES string of the molecule is CC(C)=CCCC(C)NCC1(C)CCC1. The highest BCUT2D eigenvalue weighted by Crippen LogP contribution is 2.39. The molecule has 0 aromatic carbocycles. The van der Waals surface area contributed by atoms with Crippen molar-refractivity contribution < 1.29 is 0 Å². The van der Waals surface area contributed by atoms with Crippen molar-refractivity contribution in [1.82, 2.24) is 5.32 Å². The smallest absolute Gasteiger partial charge is 0.00419 e. The third-order valence-electron chi connectivity index (χ3n) is 3.59. The molecule has 0 aromatic rings. The Kier molecular flexibility index (Phi) is 4.85. The molecule has 0 spiro atoms. The molecule has 0 amide bonds. The van der Waals surface area contributed by atoms with Gasteiger partial charge >= 0.3 is 0 Å². The molecule has 0 heterocycles. The van der Waals surface area contributed by atoms with Crippen molar-refractivity contribution in [2.24, 2.45) is 5.41 Å². The molecule has 0 saturated heterocycles. The summed E-state index contributed by atoms with van der Waals surface area (Å²) in [5, 5.41) is 3.67. The van der Waals surface area contributed by atoms with Crippen molar-refractivity contribution in [2.75, 3.05) is 6.54 Å². The largest absolute Gasteiger partial charge is 0.314 e. The number of nitrogens with one attached hydrogen (secondary N) is 1. The minimum absolute atomic E-state index is 0.616. The van der Waals surface area contributed by atoms with Gasteiger partial charge in [0.05, 0.1) is 0 Å². The van der Waals surface area contributed by atoms with E-state index < -0.39 is 0 Å². The van der Waals surface area contributed by atoms with Crippen LogP contribution in [0.25, 0.3) is 0 Å². The molecule has 0 radical (unpaired) electrons. The lowest BCUT2D eigenvalue weighted by Crippen LogP contribution is -2.40. The van der Waals surface area contributed by atoms with Crippen molar-refractivity contribution in [2.45, 2.75) is 65.8 Å². The zero-order chi connectivity index (χ0) is 11.3. The Morgan fingerprint density at radius 1 is 1.40 bits per heavy atom. The van der Waals surface area contributed by atoms with Crippen LogP contribution in [-0.4, -0.2) is 12.6 Å². The molecule has 1 unspecified atom stereocenters.